The number of anilines is 2. The molecule has 0 unspecified atom stereocenters. The number of nitro groups is 1. The number of likely N-dealkylation sites (tertiary alicyclic amines) is 1. The summed E-state index contributed by atoms with van der Waals surface area (Å²) < 4.78 is 41.1. The molecule has 0 aliphatic carbocycles. The van der Waals surface area contributed by atoms with E-state index in [1.54, 1.807) is 31.7 Å². The van der Waals surface area contributed by atoms with E-state index in [2.05, 4.69) is 73.0 Å². The Labute approximate surface area is 326 Å². The number of fused-ring (bicyclic) bond motifs is 1. The van der Waals surface area contributed by atoms with Crippen LogP contribution in [0.4, 0.5) is 22.0 Å². The number of ether oxygens (including phenoxy) is 2. The Kier molecular flexibility index (Phi) is 11.1. The lowest BCUT2D eigenvalue weighted by Crippen LogP contribution is -2.46. The van der Waals surface area contributed by atoms with E-state index in [0.717, 1.165) is 44.5 Å². The van der Waals surface area contributed by atoms with Gasteiger partial charge in [0.2, 0.25) is 0 Å². The predicted molar refractivity (Wildman–Crippen MR) is 214 cm³/mol. The molecule has 1 aromatic heterocycles. The van der Waals surface area contributed by atoms with Gasteiger partial charge in [0.05, 0.1) is 15.3 Å². The molecule has 5 aromatic rings. The maximum absolute atomic E-state index is 13.6. The highest BCUT2D eigenvalue weighted by Gasteiger charge is 2.30. The van der Waals surface area contributed by atoms with Gasteiger partial charge in [-0.3, -0.25) is 19.7 Å². The molecule has 292 valence electrons. The Morgan fingerprint density at radius 2 is 1.61 bits per heavy atom. The third kappa shape index (κ3) is 9.01. The summed E-state index contributed by atoms with van der Waals surface area (Å²) in [5, 5.41) is 12.6. The van der Waals surface area contributed by atoms with Crippen molar-refractivity contribution in [2.24, 2.45) is 0 Å². The van der Waals surface area contributed by atoms with Crippen LogP contribution < -0.4 is 14.4 Å². The predicted octanol–water partition coefficient (Wildman–Crippen LogP) is 7.11. The average molecular weight is 780 g/mol. The Hall–Kier alpha value is -5.80. The van der Waals surface area contributed by atoms with Crippen molar-refractivity contribution in [2.45, 2.75) is 56.8 Å². The molecule has 0 bridgehead atoms. The number of aromatic nitrogens is 2. The van der Waals surface area contributed by atoms with Crippen molar-refractivity contribution in [2.75, 3.05) is 48.9 Å². The number of nitrogens with one attached hydrogen (secondary N) is 1. The fraction of sp³-hybridized carbons (Fsp3) is 0.341. The van der Waals surface area contributed by atoms with Gasteiger partial charge in [-0.15, -0.1) is 0 Å². The van der Waals surface area contributed by atoms with E-state index in [-0.39, 0.29) is 16.5 Å². The van der Waals surface area contributed by atoms with Crippen molar-refractivity contribution in [3.8, 4) is 16.9 Å². The van der Waals surface area contributed by atoms with Gasteiger partial charge in [0.1, 0.15) is 18.0 Å². The molecule has 0 atom stereocenters. The molecule has 14 nitrogen and oxygen atoms in total. The summed E-state index contributed by atoms with van der Waals surface area (Å²) in [6, 6.07) is 28.1. The van der Waals surface area contributed by atoms with E-state index < -0.39 is 38.4 Å². The molecular formula is C41H45N7O7S. The molecule has 2 aliphatic rings. The second-order valence-corrected chi connectivity index (χ2v) is 16.7. The van der Waals surface area contributed by atoms with E-state index in [0.29, 0.717) is 36.8 Å². The number of nitrogens with zero attached hydrogens (tertiary/aromatic N) is 6. The Balaban J connectivity index is 0.993. The minimum atomic E-state index is -4.30. The largest absolute Gasteiger partial charge is 0.483 e. The van der Waals surface area contributed by atoms with E-state index in [1.165, 1.54) is 35.2 Å². The molecular weight excluding hydrogens is 735 g/mol. The zero-order valence-electron chi connectivity index (χ0n) is 31.6. The highest BCUT2D eigenvalue weighted by atomic mass is 32.2. The molecule has 0 radical (unpaired) electrons. The summed E-state index contributed by atoms with van der Waals surface area (Å²) in [5.74, 6) is 0.00527. The van der Waals surface area contributed by atoms with Gasteiger partial charge >= 0.3 is 11.8 Å². The van der Waals surface area contributed by atoms with Crippen molar-refractivity contribution in [1.29, 1.82) is 0 Å². The first-order valence-electron chi connectivity index (χ1n) is 18.6. The summed E-state index contributed by atoms with van der Waals surface area (Å²) in [5.41, 5.74) is 4.15. The number of hydrogen-bond acceptors (Lipinski definition) is 11. The van der Waals surface area contributed by atoms with Crippen molar-refractivity contribution in [3.63, 3.8) is 0 Å². The standard InChI is InChI=1S/C41H45N7O7S/c1-41(2,3)55-40(49)47-19-17-32(18-20-47)54-38-16-14-33(26-37(38)48(50)51)56(52,53)44-39-35-15-13-31(25-36(35)42-28-43-39)46-23-21-45(22-24-46)27-30-11-7-8-12-34(30)29-9-5-4-6-10-29/h4-16,25-26,28,32H,17-24,27H2,1-3H3,(H,42,43,44). The first-order valence-corrected chi connectivity index (χ1v) is 20.1. The summed E-state index contributed by atoms with van der Waals surface area (Å²) in [6.45, 7) is 10.3. The zero-order valence-corrected chi connectivity index (χ0v) is 32.4. The van der Waals surface area contributed by atoms with Crippen LogP contribution in [0.2, 0.25) is 0 Å². The zero-order chi connectivity index (χ0) is 39.5. The quantitative estimate of drug-likeness (QED) is 0.114. The van der Waals surface area contributed by atoms with Gasteiger partial charge < -0.3 is 19.3 Å². The molecule has 1 amide bonds. The van der Waals surface area contributed by atoms with Gasteiger partial charge in [-0.2, -0.15) is 0 Å². The van der Waals surface area contributed by atoms with Crippen LogP contribution in [0, 0.1) is 10.1 Å². The van der Waals surface area contributed by atoms with Crippen molar-refractivity contribution in [3.05, 3.63) is 113 Å². The lowest BCUT2D eigenvalue weighted by Gasteiger charge is -2.36. The SMILES string of the molecule is CC(C)(C)OC(=O)N1CCC(Oc2ccc(S(=O)(=O)Nc3ncnc4cc(N5CCN(Cc6ccccc6-c6ccccc6)CC5)ccc34)cc2[N+](=O)[O-])CC1. The van der Waals surface area contributed by atoms with Crippen LogP contribution in [0.5, 0.6) is 5.75 Å². The fourth-order valence-electron chi connectivity index (χ4n) is 7.04. The van der Waals surface area contributed by atoms with Crippen LogP contribution >= 0.6 is 0 Å². The molecule has 0 saturated carbocycles. The molecule has 15 heteroatoms. The van der Waals surface area contributed by atoms with E-state index in [1.807, 2.05) is 18.2 Å². The number of hydrogen-bond donors (Lipinski definition) is 1. The van der Waals surface area contributed by atoms with Gasteiger partial charge in [-0.25, -0.2) is 23.2 Å². The van der Waals surface area contributed by atoms with Gasteiger partial charge in [-0.1, -0.05) is 54.6 Å². The Morgan fingerprint density at radius 3 is 2.32 bits per heavy atom. The molecule has 4 aromatic carbocycles. The van der Waals surface area contributed by atoms with E-state index >= 15 is 0 Å². The van der Waals surface area contributed by atoms with E-state index in [4.69, 9.17) is 9.47 Å². The van der Waals surface area contributed by atoms with Crippen LogP contribution in [-0.4, -0.2) is 90.2 Å². The fourth-order valence-corrected chi connectivity index (χ4v) is 8.09. The molecule has 2 saturated heterocycles. The maximum Gasteiger partial charge on any atom is 0.410 e. The third-order valence-electron chi connectivity index (χ3n) is 9.91. The monoisotopic (exact) mass is 779 g/mol. The molecule has 2 aliphatic heterocycles. The summed E-state index contributed by atoms with van der Waals surface area (Å²) in [7, 11) is -4.30. The normalized spacial score (nSPS) is 15.8. The number of carbonyl (C=O) groups excluding carboxylic acids is 1. The summed E-state index contributed by atoms with van der Waals surface area (Å²) in [6.07, 6.45) is 1.32. The first kappa shape index (κ1) is 38.5. The van der Waals surface area contributed by atoms with Crippen LogP contribution in [0.25, 0.3) is 22.0 Å². The van der Waals surface area contributed by atoms with Crippen LogP contribution in [0.3, 0.4) is 0 Å². The van der Waals surface area contributed by atoms with Crippen LogP contribution in [-0.2, 0) is 21.3 Å². The van der Waals surface area contributed by atoms with Crippen molar-refractivity contribution in [1.82, 2.24) is 19.8 Å². The van der Waals surface area contributed by atoms with Crippen molar-refractivity contribution < 1.29 is 27.6 Å². The molecule has 56 heavy (non-hydrogen) atoms. The van der Waals surface area contributed by atoms with Crippen molar-refractivity contribution >= 4 is 44.2 Å². The number of piperidine rings is 1. The van der Waals surface area contributed by atoms with Gasteiger partial charge in [0, 0.05) is 75.8 Å². The first-order chi connectivity index (χ1) is 26.8. The second-order valence-electron chi connectivity index (χ2n) is 15.0. The number of piperazine rings is 1. The van der Waals surface area contributed by atoms with Gasteiger partial charge in [0.25, 0.3) is 10.0 Å². The number of sulfonamides is 1. The summed E-state index contributed by atoms with van der Waals surface area (Å²) in [4.78, 5) is 38.5. The number of nitro benzene ring substituents is 1. The second kappa shape index (κ2) is 16.1. The Bertz CT molecular complexity index is 2320. The van der Waals surface area contributed by atoms with Gasteiger partial charge in [0.15, 0.2) is 11.6 Å². The lowest BCUT2D eigenvalue weighted by atomic mass is 9.99. The smallest absolute Gasteiger partial charge is 0.410 e. The number of carbonyl (C=O) groups is 1. The molecule has 0 spiro atoms. The number of benzene rings is 4. The number of amides is 1. The molecule has 1 N–H and O–H groups in total. The summed E-state index contributed by atoms with van der Waals surface area (Å²) >= 11 is 0. The van der Waals surface area contributed by atoms with Crippen LogP contribution in [0.1, 0.15) is 39.2 Å². The lowest BCUT2D eigenvalue weighted by molar-refractivity contribution is -0.386. The Morgan fingerprint density at radius 1 is 0.893 bits per heavy atom. The highest BCUT2D eigenvalue weighted by Crippen LogP contribution is 2.34. The van der Waals surface area contributed by atoms with Gasteiger partial charge in [-0.05, 0) is 67.8 Å². The molecule has 2 fully saturated rings. The molecule has 7 rings (SSSR count). The average Bonchev–Trinajstić information content (AvgIpc) is 3.18. The minimum absolute atomic E-state index is 0.0532. The minimum Gasteiger partial charge on any atom is -0.483 e. The maximum atomic E-state index is 13.6. The number of rotatable bonds is 10. The topological polar surface area (TPSA) is 160 Å². The van der Waals surface area contributed by atoms with Crippen LogP contribution in [0.15, 0.2) is 102 Å². The van der Waals surface area contributed by atoms with E-state index in [9.17, 15) is 23.3 Å². The third-order valence-corrected chi connectivity index (χ3v) is 11.2. The highest BCUT2D eigenvalue weighted by molar-refractivity contribution is 7.92. The molecule has 3 heterocycles.